The van der Waals surface area contributed by atoms with Gasteiger partial charge in [0.2, 0.25) is 0 Å². The summed E-state index contributed by atoms with van der Waals surface area (Å²) < 4.78 is 74.4. The van der Waals surface area contributed by atoms with Gasteiger partial charge in [0.15, 0.2) is 21.1 Å². The Hall–Kier alpha value is -4.75. The standard InChI is InChI=1S/C25H19N3O10S2/c1-2-3-10-28-24(29)12-4-5-13(16(11-12)25(30)31)19-14-6-8-17(26)22(39(32,33)34)20(14)38-21-15(19)7-9-18(27)23(21)40(35,36)37/h4-9,11,26H,10,27H2,1H3,(H,28,29)(H,30,31)(H,32,33,34)(H,35,36,37). The van der Waals surface area contributed by atoms with E-state index in [4.69, 9.17) is 15.6 Å². The van der Waals surface area contributed by atoms with Crippen LogP contribution in [0.1, 0.15) is 27.6 Å². The molecular weight excluding hydrogens is 566 g/mol. The highest BCUT2D eigenvalue weighted by atomic mass is 32.2. The second-order valence-electron chi connectivity index (χ2n) is 8.28. The Labute approximate surface area is 226 Å². The molecule has 0 fully saturated rings. The maximum atomic E-state index is 12.5. The first-order valence-electron chi connectivity index (χ1n) is 11.0. The lowest BCUT2D eigenvalue weighted by Gasteiger charge is -2.20. The molecule has 13 nitrogen and oxygen atoms in total. The molecule has 0 atom stereocenters. The van der Waals surface area contributed by atoms with Crippen LogP contribution >= 0.6 is 0 Å². The number of anilines is 1. The van der Waals surface area contributed by atoms with Crippen LogP contribution < -0.4 is 16.4 Å². The van der Waals surface area contributed by atoms with Crippen LogP contribution in [-0.2, 0) is 20.2 Å². The van der Waals surface area contributed by atoms with Crippen molar-refractivity contribution in [3.8, 4) is 34.3 Å². The van der Waals surface area contributed by atoms with E-state index in [0.29, 0.717) is 0 Å². The van der Waals surface area contributed by atoms with E-state index in [9.17, 15) is 40.6 Å². The summed E-state index contributed by atoms with van der Waals surface area (Å²) in [4.78, 5) is 22.9. The number of hydrogen-bond donors (Lipinski definition) is 6. The first-order chi connectivity index (χ1) is 18.7. The predicted molar refractivity (Wildman–Crippen MR) is 141 cm³/mol. The Morgan fingerprint density at radius 3 is 2.25 bits per heavy atom. The number of aromatic carboxylic acids is 1. The molecule has 1 heterocycles. The lowest BCUT2D eigenvalue weighted by Crippen LogP contribution is -2.24. The largest absolute Gasteiger partial charge is 0.478 e. The first-order valence-corrected chi connectivity index (χ1v) is 13.9. The number of carbonyl (C=O) groups excluding carboxylic acids is 1. The van der Waals surface area contributed by atoms with Crippen molar-refractivity contribution in [3.63, 3.8) is 0 Å². The summed E-state index contributed by atoms with van der Waals surface area (Å²) in [5, 5.41) is 19.7. The number of nitrogens with one attached hydrogen (secondary N) is 2. The Kier molecular flexibility index (Phi) is 7.13. The zero-order chi connectivity index (χ0) is 29.6. The van der Waals surface area contributed by atoms with E-state index >= 15 is 0 Å². The third-order valence-electron chi connectivity index (χ3n) is 5.81. The average molecular weight is 586 g/mol. The third-order valence-corrected chi connectivity index (χ3v) is 7.67. The minimum Gasteiger partial charge on any atom is -0.478 e. The van der Waals surface area contributed by atoms with Crippen molar-refractivity contribution in [2.45, 2.75) is 16.7 Å². The first kappa shape index (κ1) is 28.3. The third kappa shape index (κ3) is 4.99. The molecule has 7 N–H and O–H groups in total. The molecular formula is C25H19N3O10S2. The lowest BCUT2D eigenvalue weighted by atomic mass is 9.89. The summed E-state index contributed by atoms with van der Waals surface area (Å²) in [6.07, 6.45) is 0. The number of fused-ring (bicyclic) bond motifs is 2. The van der Waals surface area contributed by atoms with Gasteiger partial charge in [-0.25, -0.2) is 4.79 Å². The SMILES string of the molecule is CC#CCNC(=O)c1ccc(-c2c3ccc(=N)c(S(=O)(=O)O)c-3oc3c(S(=O)(=O)O)c(N)ccc23)c(C(=O)O)c1. The monoisotopic (exact) mass is 585 g/mol. The molecule has 0 radical (unpaired) electrons. The lowest BCUT2D eigenvalue weighted by molar-refractivity contribution is 0.0697. The fraction of sp³-hybridized carbons (Fsp3) is 0.0800. The summed E-state index contributed by atoms with van der Waals surface area (Å²) in [5.74, 6) is 2.39. The number of carboxylic acids is 1. The van der Waals surface area contributed by atoms with E-state index < -0.39 is 69.9 Å². The van der Waals surface area contributed by atoms with Crippen molar-refractivity contribution < 1.29 is 45.1 Å². The van der Waals surface area contributed by atoms with Crippen molar-refractivity contribution in [2.75, 3.05) is 12.3 Å². The van der Waals surface area contributed by atoms with Gasteiger partial charge >= 0.3 is 5.97 Å². The smallest absolute Gasteiger partial charge is 0.336 e. The summed E-state index contributed by atoms with van der Waals surface area (Å²) in [6.45, 7) is 1.57. The Bertz CT molecular complexity index is 2050. The highest BCUT2D eigenvalue weighted by molar-refractivity contribution is 7.86. The van der Waals surface area contributed by atoms with Gasteiger partial charge in [-0.05, 0) is 48.9 Å². The van der Waals surface area contributed by atoms with Crippen LogP contribution in [0.3, 0.4) is 0 Å². The molecule has 0 bridgehead atoms. The second kappa shape index (κ2) is 10.1. The quantitative estimate of drug-likeness (QED) is 0.0829. The zero-order valence-electron chi connectivity index (χ0n) is 20.3. The number of amides is 1. The van der Waals surface area contributed by atoms with Crippen LogP contribution in [-0.4, -0.2) is 49.5 Å². The molecule has 1 aliphatic heterocycles. The van der Waals surface area contributed by atoms with Crippen molar-refractivity contribution in [1.29, 1.82) is 5.41 Å². The minimum atomic E-state index is -5.15. The highest BCUT2D eigenvalue weighted by Crippen LogP contribution is 2.45. The maximum Gasteiger partial charge on any atom is 0.336 e. The topological polar surface area (TPSA) is 238 Å². The van der Waals surface area contributed by atoms with Crippen LogP contribution in [0.2, 0.25) is 0 Å². The van der Waals surface area contributed by atoms with E-state index in [1.807, 2.05) is 0 Å². The van der Waals surface area contributed by atoms with Gasteiger partial charge in [0.1, 0.15) is 0 Å². The molecule has 4 rings (SSSR count). The van der Waals surface area contributed by atoms with Crippen molar-refractivity contribution in [1.82, 2.24) is 5.32 Å². The summed E-state index contributed by atoms with van der Waals surface area (Å²) in [6, 6.07) is 8.16. The number of hydrogen-bond acceptors (Lipinski definition) is 9. The molecule has 1 aliphatic carbocycles. The molecule has 2 aromatic carbocycles. The molecule has 0 saturated carbocycles. The van der Waals surface area contributed by atoms with Crippen LogP contribution in [0.5, 0.6) is 0 Å². The molecule has 15 heteroatoms. The van der Waals surface area contributed by atoms with E-state index in [0.717, 1.165) is 18.2 Å². The van der Waals surface area contributed by atoms with Gasteiger partial charge in [-0.3, -0.25) is 19.3 Å². The number of carbonyl (C=O) groups is 2. The van der Waals surface area contributed by atoms with E-state index in [2.05, 4.69) is 17.2 Å². The van der Waals surface area contributed by atoms with Gasteiger partial charge in [0.25, 0.3) is 26.1 Å². The average Bonchev–Trinajstić information content (AvgIpc) is 2.85. The number of nitrogens with two attached hydrogens (primary N) is 1. The van der Waals surface area contributed by atoms with E-state index in [1.54, 1.807) is 6.92 Å². The van der Waals surface area contributed by atoms with E-state index in [1.165, 1.54) is 24.3 Å². The molecule has 1 amide bonds. The number of rotatable bonds is 6. The van der Waals surface area contributed by atoms with Crippen molar-refractivity contribution in [2.24, 2.45) is 0 Å². The van der Waals surface area contributed by atoms with Crippen LogP contribution in [0.15, 0.2) is 56.7 Å². The maximum absolute atomic E-state index is 12.5. The molecule has 0 spiro atoms. The van der Waals surface area contributed by atoms with E-state index in [-0.39, 0.29) is 34.2 Å². The minimum absolute atomic E-state index is 0.00263. The normalized spacial score (nSPS) is 11.7. The predicted octanol–water partition coefficient (Wildman–Crippen LogP) is 2.21. The van der Waals surface area contributed by atoms with Crippen molar-refractivity contribution >= 4 is 48.8 Å². The molecule has 0 aromatic heterocycles. The van der Waals surface area contributed by atoms with Gasteiger partial charge in [-0.2, -0.15) is 16.8 Å². The highest BCUT2D eigenvalue weighted by Gasteiger charge is 2.31. The second-order valence-corrected chi connectivity index (χ2v) is 11.0. The molecule has 40 heavy (non-hydrogen) atoms. The number of nitrogen functional groups attached to an aromatic ring is 1. The van der Waals surface area contributed by atoms with Gasteiger partial charge in [-0.1, -0.05) is 12.0 Å². The summed E-state index contributed by atoms with van der Waals surface area (Å²) in [7, 11) is -10.2. The molecule has 2 aliphatic rings. The molecule has 2 aromatic rings. The fourth-order valence-corrected chi connectivity index (χ4v) is 5.68. The number of benzene rings is 3. The molecule has 0 saturated heterocycles. The zero-order valence-corrected chi connectivity index (χ0v) is 22.0. The molecule has 206 valence electrons. The molecule has 0 unspecified atom stereocenters. The Morgan fingerprint density at radius 1 is 1.00 bits per heavy atom. The number of carboxylic acid groups (broad SMARTS) is 1. The summed E-state index contributed by atoms with van der Waals surface area (Å²) in [5.41, 5.74) is 3.77. The summed E-state index contributed by atoms with van der Waals surface area (Å²) >= 11 is 0. The Morgan fingerprint density at radius 2 is 1.65 bits per heavy atom. The van der Waals surface area contributed by atoms with Crippen LogP contribution in [0.25, 0.3) is 33.4 Å². The van der Waals surface area contributed by atoms with Crippen LogP contribution in [0.4, 0.5) is 5.69 Å². The Balaban J connectivity index is 2.21. The van der Waals surface area contributed by atoms with Crippen LogP contribution in [0, 0.1) is 17.3 Å². The van der Waals surface area contributed by atoms with Gasteiger partial charge < -0.3 is 20.6 Å². The van der Waals surface area contributed by atoms with Crippen molar-refractivity contribution in [3.05, 3.63) is 58.9 Å². The van der Waals surface area contributed by atoms with Gasteiger partial charge in [0, 0.05) is 22.1 Å². The van der Waals surface area contributed by atoms with Gasteiger partial charge in [0.05, 0.1) is 23.2 Å². The van der Waals surface area contributed by atoms with Gasteiger partial charge in [-0.15, -0.1) is 5.92 Å². The fourth-order valence-electron chi connectivity index (χ4n) is 4.19.